The molecule has 2 N–H and O–H groups in total. The Hall–Kier alpha value is -2.50. The highest BCUT2D eigenvalue weighted by Crippen LogP contribution is 2.19. The van der Waals surface area contributed by atoms with E-state index in [0.717, 1.165) is 12.8 Å². The quantitative estimate of drug-likeness (QED) is 0.814. The molecule has 5 nitrogen and oxygen atoms in total. The number of halogens is 1. The van der Waals surface area contributed by atoms with E-state index in [9.17, 15) is 9.18 Å². The van der Waals surface area contributed by atoms with Gasteiger partial charge in [0.2, 0.25) is 5.95 Å². The first-order valence-corrected chi connectivity index (χ1v) is 8.82. The molecule has 1 saturated carbocycles. The average Bonchev–Trinajstić information content (AvgIpc) is 2.90. The van der Waals surface area contributed by atoms with Gasteiger partial charge in [0.1, 0.15) is 5.82 Å². The first-order valence-electron chi connectivity index (χ1n) is 8.82. The van der Waals surface area contributed by atoms with Crippen molar-refractivity contribution in [3.8, 4) is 0 Å². The maximum Gasteiger partial charge on any atom is 0.254 e. The second kappa shape index (κ2) is 8.55. The number of hydrogen-bond acceptors (Lipinski definition) is 4. The van der Waals surface area contributed by atoms with Gasteiger partial charge in [0.25, 0.3) is 5.91 Å². The molecule has 0 bridgehead atoms. The van der Waals surface area contributed by atoms with Gasteiger partial charge < -0.3 is 10.6 Å². The van der Waals surface area contributed by atoms with Crippen LogP contribution in [0.1, 0.15) is 54.4 Å². The molecule has 3 rings (SSSR count). The van der Waals surface area contributed by atoms with Crippen LogP contribution >= 0.6 is 0 Å². The maximum atomic E-state index is 13.6. The number of nitrogens with one attached hydrogen (secondary N) is 2. The number of carbonyl (C=O) groups excluding carboxylic acids is 1. The van der Waals surface area contributed by atoms with Crippen LogP contribution in [0.25, 0.3) is 0 Å². The Morgan fingerprint density at radius 3 is 2.44 bits per heavy atom. The van der Waals surface area contributed by atoms with E-state index in [1.807, 2.05) is 0 Å². The van der Waals surface area contributed by atoms with Crippen LogP contribution in [0.5, 0.6) is 0 Å². The predicted molar refractivity (Wildman–Crippen MR) is 94.7 cm³/mol. The van der Waals surface area contributed by atoms with Crippen molar-refractivity contribution in [3.63, 3.8) is 0 Å². The molecule has 132 valence electrons. The van der Waals surface area contributed by atoms with Gasteiger partial charge in [-0.1, -0.05) is 43.9 Å². The fourth-order valence-electron chi connectivity index (χ4n) is 3.05. The molecule has 1 aliphatic rings. The molecule has 0 unspecified atom stereocenters. The zero-order valence-corrected chi connectivity index (χ0v) is 14.2. The van der Waals surface area contributed by atoms with E-state index in [-0.39, 0.29) is 18.3 Å². The van der Waals surface area contributed by atoms with Gasteiger partial charge >= 0.3 is 0 Å². The van der Waals surface area contributed by atoms with E-state index in [0.29, 0.717) is 23.1 Å². The van der Waals surface area contributed by atoms with Gasteiger partial charge in [-0.2, -0.15) is 0 Å². The van der Waals surface area contributed by atoms with Crippen molar-refractivity contribution in [3.05, 3.63) is 53.6 Å². The third-order valence-electron chi connectivity index (χ3n) is 4.50. The first-order chi connectivity index (χ1) is 12.2. The summed E-state index contributed by atoms with van der Waals surface area (Å²) in [5.41, 5.74) is 0.811. The fraction of sp³-hybridized carbons (Fsp3) is 0.421. The Balaban J connectivity index is 1.54. The van der Waals surface area contributed by atoms with Crippen LogP contribution in [0.15, 0.2) is 36.7 Å². The summed E-state index contributed by atoms with van der Waals surface area (Å²) in [6.45, 7) is 0.133. The summed E-state index contributed by atoms with van der Waals surface area (Å²) < 4.78 is 13.6. The first kappa shape index (κ1) is 17.3. The molecule has 0 aliphatic heterocycles. The van der Waals surface area contributed by atoms with E-state index in [1.165, 1.54) is 44.1 Å². The summed E-state index contributed by atoms with van der Waals surface area (Å²) in [5, 5.41) is 6.03. The second-order valence-corrected chi connectivity index (χ2v) is 6.40. The lowest BCUT2D eigenvalue weighted by Crippen LogP contribution is -2.24. The number of carbonyl (C=O) groups is 1. The second-order valence-electron chi connectivity index (χ2n) is 6.40. The molecule has 25 heavy (non-hydrogen) atoms. The van der Waals surface area contributed by atoms with Crippen LogP contribution < -0.4 is 10.6 Å². The van der Waals surface area contributed by atoms with Crippen molar-refractivity contribution in [1.82, 2.24) is 15.3 Å². The number of hydrogen-bond donors (Lipinski definition) is 2. The van der Waals surface area contributed by atoms with Gasteiger partial charge in [0.15, 0.2) is 0 Å². The van der Waals surface area contributed by atoms with Crippen molar-refractivity contribution in [2.75, 3.05) is 5.32 Å². The topological polar surface area (TPSA) is 66.9 Å². The highest BCUT2D eigenvalue weighted by molar-refractivity contribution is 5.93. The van der Waals surface area contributed by atoms with Gasteiger partial charge in [-0.05, 0) is 18.9 Å². The monoisotopic (exact) mass is 342 g/mol. The minimum absolute atomic E-state index is 0.133. The zero-order chi connectivity index (χ0) is 17.5. The van der Waals surface area contributed by atoms with Crippen molar-refractivity contribution in [2.24, 2.45) is 0 Å². The van der Waals surface area contributed by atoms with E-state index in [2.05, 4.69) is 20.6 Å². The molecule has 1 aromatic carbocycles. The molecule has 0 atom stereocenters. The van der Waals surface area contributed by atoms with E-state index in [1.54, 1.807) is 18.2 Å². The van der Waals surface area contributed by atoms with E-state index >= 15 is 0 Å². The number of benzene rings is 1. The van der Waals surface area contributed by atoms with E-state index in [4.69, 9.17) is 0 Å². The molecule has 0 saturated heterocycles. The third kappa shape index (κ3) is 4.98. The molecule has 0 radical (unpaired) electrons. The predicted octanol–water partition coefficient (Wildman–Crippen LogP) is 3.68. The van der Waals surface area contributed by atoms with Gasteiger partial charge in [-0.3, -0.25) is 4.79 Å². The molecule has 1 fully saturated rings. The summed E-state index contributed by atoms with van der Waals surface area (Å²) in [5.74, 6) is -0.0937. The highest BCUT2D eigenvalue weighted by Gasteiger charge is 2.14. The van der Waals surface area contributed by atoms with Gasteiger partial charge in [0, 0.05) is 30.5 Å². The minimum atomic E-state index is -0.331. The molecule has 1 aromatic heterocycles. The zero-order valence-electron chi connectivity index (χ0n) is 14.2. The van der Waals surface area contributed by atoms with Crippen LogP contribution in [0.3, 0.4) is 0 Å². The Morgan fingerprint density at radius 1 is 1.08 bits per heavy atom. The number of anilines is 1. The molecule has 0 spiro atoms. The Labute approximate surface area is 147 Å². The van der Waals surface area contributed by atoms with Crippen LogP contribution in [0, 0.1) is 5.82 Å². The molecule has 2 aromatic rings. The number of aromatic nitrogens is 2. The SMILES string of the molecule is O=C(NCc1ccccc1F)c1cnc(NC2CCCCCC2)nc1. The van der Waals surface area contributed by atoms with Crippen LogP contribution in [-0.2, 0) is 6.54 Å². The summed E-state index contributed by atoms with van der Waals surface area (Å²) in [6.07, 6.45) is 10.3. The molecular weight excluding hydrogens is 319 g/mol. The Morgan fingerprint density at radius 2 is 1.76 bits per heavy atom. The van der Waals surface area contributed by atoms with E-state index < -0.39 is 0 Å². The number of rotatable bonds is 5. The lowest BCUT2D eigenvalue weighted by Gasteiger charge is -2.15. The normalized spacial score (nSPS) is 15.4. The standard InChI is InChI=1S/C19H23FN4O/c20-17-10-6-5-7-14(17)11-21-18(25)15-12-22-19(23-13-15)24-16-8-3-1-2-4-9-16/h5-7,10,12-13,16H,1-4,8-9,11H2,(H,21,25)(H,22,23,24). The van der Waals surface area contributed by atoms with Crippen molar-refractivity contribution < 1.29 is 9.18 Å². The molecule has 1 amide bonds. The fourth-order valence-corrected chi connectivity index (χ4v) is 3.05. The molecule has 1 heterocycles. The molecule has 6 heteroatoms. The van der Waals surface area contributed by atoms with Gasteiger partial charge in [0.05, 0.1) is 5.56 Å². The van der Waals surface area contributed by atoms with Crippen LogP contribution in [0.4, 0.5) is 10.3 Å². The minimum Gasteiger partial charge on any atom is -0.351 e. The van der Waals surface area contributed by atoms with Crippen molar-refractivity contribution >= 4 is 11.9 Å². The summed E-state index contributed by atoms with van der Waals surface area (Å²) >= 11 is 0. The lowest BCUT2D eigenvalue weighted by molar-refractivity contribution is 0.0950. The third-order valence-corrected chi connectivity index (χ3v) is 4.50. The van der Waals surface area contributed by atoms with Crippen molar-refractivity contribution in [1.29, 1.82) is 0 Å². The van der Waals surface area contributed by atoms with Crippen molar-refractivity contribution in [2.45, 2.75) is 51.1 Å². The lowest BCUT2D eigenvalue weighted by atomic mass is 10.1. The van der Waals surface area contributed by atoms with Crippen LogP contribution in [0.2, 0.25) is 0 Å². The summed E-state index contributed by atoms with van der Waals surface area (Å²) in [7, 11) is 0. The smallest absolute Gasteiger partial charge is 0.254 e. The largest absolute Gasteiger partial charge is 0.351 e. The Bertz CT molecular complexity index is 697. The van der Waals surface area contributed by atoms with Gasteiger partial charge in [-0.25, -0.2) is 14.4 Å². The average molecular weight is 342 g/mol. The number of nitrogens with zero attached hydrogens (tertiary/aromatic N) is 2. The number of amides is 1. The Kier molecular flexibility index (Phi) is 5.93. The van der Waals surface area contributed by atoms with Gasteiger partial charge in [-0.15, -0.1) is 0 Å². The summed E-state index contributed by atoms with van der Waals surface area (Å²) in [6, 6.07) is 6.78. The summed E-state index contributed by atoms with van der Waals surface area (Å²) in [4.78, 5) is 20.6. The highest BCUT2D eigenvalue weighted by atomic mass is 19.1. The molecular formula is C19H23FN4O. The van der Waals surface area contributed by atoms with Crippen LogP contribution in [-0.4, -0.2) is 21.9 Å². The molecule has 1 aliphatic carbocycles. The maximum absolute atomic E-state index is 13.6.